The molecule has 1 aromatic rings. The summed E-state index contributed by atoms with van der Waals surface area (Å²) in [6.45, 7) is 0. The monoisotopic (exact) mass is 253 g/mol. The lowest BCUT2D eigenvalue weighted by Crippen LogP contribution is -2.17. The highest BCUT2D eigenvalue weighted by atomic mass is 32.2. The van der Waals surface area contributed by atoms with Gasteiger partial charge >= 0.3 is 0 Å². The van der Waals surface area contributed by atoms with Gasteiger partial charge in [0.05, 0.1) is 4.91 Å². The van der Waals surface area contributed by atoms with Crippen molar-refractivity contribution in [2.75, 3.05) is 0 Å². The van der Waals surface area contributed by atoms with Gasteiger partial charge in [-0.25, -0.2) is 0 Å². The Morgan fingerprint density at radius 2 is 2.12 bits per heavy atom. The van der Waals surface area contributed by atoms with Gasteiger partial charge in [-0.2, -0.15) is 0 Å². The minimum absolute atomic E-state index is 0.0290. The summed E-state index contributed by atoms with van der Waals surface area (Å²) in [4.78, 5) is 11.8. The maximum atomic E-state index is 11.3. The number of aromatic hydroxyl groups is 2. The molecule has 0 spiro atoms. The van der Waals surface area contributed by atoms with Crippen molar-refractivity contribution in [2.45, 2.75) is 0 Å². The molecule has 82 valence electrons. The van der Waals surface area contributed by atoms with Gasteiger partial charge in [0.1, 0.15) is 15.8 Å². The van der Waals surface area contributed by atoms with Gasteiger partial charge in [-0.05, 0) is 18.2 Å². The third kappa shape index (κ3) is 2.17. The number of phenols is 2. The second-order valence-electron chi connectivity index (χ2n) is 3.10. The van der Waals surface area contributed by atoms with E-state index in [1.54, 1.807) is 0 Å². The lowest BCUT2D eigenvalue weighted by atomic mass is 10.2. The van der Waals surface area contributed by atoms with E-state index in [-0.39, 0.29) is 17.4 Å². The van der Waals surface area contributed by atoms with E-state index in [1.807, 2.05) is 0 Å². The summed E-state index contributed by atoms with van der Waals surface area (Å²) < 4.78 is 0.398. The SMILES string of the molecule is O=C1NC(=S)SC1=Cc1ccc(O)cc1O. The Labute approximate surface area is 101 Å². The van der Waals surface area contributed by atoms with Crippen molar-refractivity contribution in [3.8, 4) is 11.5 Å². The fourth-order valence-corrected chi connectivity index (χ4v) is 2.25. The molecular weight excluding hydrogens is 246 g/mol. The largest absolute Gasteiger partial charge is 0.508 e. The van der Waals surface area contributed by atoms with Crippen LogP contribution in [0.1, 0.15) is 5.56 Å². The number of nitrogens with one attached hydrogen (secondary N) is 1. The lowest BCUT2D eigenvalue weighted by Gasteiger charge is -2.00. The van der Waals surface area contributed by atoms with Crippen molar-refractivity contribution in [1.29, 1.82) is 0 Å². The number of hydrogen-bond acceptors (Lipinski definition) is 5. The molecule has 1 heterocycles. The number of carbonyl (C=O) groups is 1. The van der Waals surface area contributed by atoms with Crippen LogP contribution in [0.2, 0.25) is 0 Å². The van der Waals surface area contributed by atoms with Gasteiger partial charge in [-0.15, -0.1) is 0 Å². The molecule has 0 saturated carbocycles. The minimum atomic E-state index is -0.275. The van der Waals surface area contributed by atoms with Crippen LogP contribution in [0.4, 0.5) is 0 Å². The molecule has 3 N–H and O–H groups in total. The maximum Gasteiger partial charge on any atom is 0.263 e. The zero-order valence-corrected chi connectivity index (χ0v) is 9.56. The van der Waals surface area contributed by atoms with E-state index in [4.69, 9.17) is 17.3 Å². The number of thioether (sulfide) groups is 1. The Morgan fingerprint density at radius 3 is 2.69 bits per heavy atom. The van der Waals surface area contributed by atoms with Crippen molar-refractivity contribution >= 4 is 40.3 Å². The molecule has 1 aromatic carbocycles. The van der Waals surface area contributed by atoms with Crippen molar-refractivity contribution in [3.63, 3.8) is 0 Å². The van der Waals surface area contributed by atoms with Gasteiger partial charge in [0.25, 0.3) is 5.91 Å². The Morgan fingerprint density at radius 1 is 1.38 bits per heavy atom. The molecule has 4 nitrogen and oxygen atoms in total. The summed E-state index contributed by atoms with van der Waals surface area (Å²) in [7, 11) is 0. The predicted octanol–water partition coefficient (Wildman–Crippen LogP) is 1.59. The number of thiocarbonyl (C=S) groups is 1. The highest BCUT2D eigenvalue weighted by Crippen LogP contribution is 2.30. The molecule has 16 heavy (non-hydrogen) atoms. The molecule has 1 amide bonds. The summed E-state index contributed by atoms with van der Waals surface area (Å²) in [5.41, 5.74) is 0.458. The molecule has 1 saturated heterocycles. The molecule has 1 aliphatic heterocycles. The molecule has 2 rings (SSSR count). The fourth-order valence-electron chi connectivity index (χ4n) is 1.22. The van der Waals surface area contributed by atoms with Crippen molar-refractivity contribution in [1.82, 2.24) is 5.32 Å². The first-order chi connectivity index (χ1) is 7.56. The number of rotatable bonds is 1. The molecule has 0 aliphatic carbocycles. The highest BCUT2D eigenvalue weighted by Gasteiger charge is 2.22. The quantitative estimate of drug-likeness (QED) is 0.524. The van der Waals surface area contributed by atoms with E-state index >= 15 is 0 Å². The third-order valence-corrected chi connectivity index (χ3v) is 3.11. The van der Waals surface area contributed by atoms with Crippen LogP contribution in [-0.4, -0.2) is 20.4 Å². The number of phenolic OH excluding ortho intramolecular Hbond substituents is 2. The standard InChI is InChI=1S/C10H7NO3S2/c12-6-2-1-5(7(13)4-6)3-8-9(14)11-10(15)16-8/h1-4,12-13H,(H,11,14,15). The van der Waals surface area contributed by atoms with Crippen LogP contribution in [0.25, 0.3) is 6.08 Å². The van der Waals surface area contributed by atoms with Crippen molar-refractivity contribution in [2.24, 2.45) is 0 Å². The number of carbonyl (C=O) groups excluding carboxylic acids is 1. The molecule has 6 heteroatoms. The molecule has 1 aliphatic rings. The van der Waals surface area contributed by atoms with Gasteiger partial charge in [-0.3, -0.25) is 4.79 Å². The van der Waals surface area contributed by atoms with Crippen LogP contribution in [0, 0.1) is 0 Å². The molecule has 0 bridgehead atoms. The molecule has 0 atom stereocenters. The van der Waals surface area contributed by atoms with E-state index < -0.39 is 0 Å². The van der Waals surface area contributed by atoms with E-state index in [2.05, 4.69) is 5.32 Å². The first kappa shape index (κ1) is 11.0. The topological polar surface area (TPSA) is 69.6 Å². The van der Waals surface area contributed by atoms with E-state index in [1.165, 1.54) is 24.3 Å². The zero-order valence-electron chi connectivity index (χ0n) is 7.93. The van der Waals surface area contributed by atoms with Gasteiger partial charge < -0.3 is 15.5 Å². The second kappa shape index (κ2) is 4.15. The second-order valence-corrected chi connectivity index (χ2v) is 4.81. The van der Waals surface area contributed by atoms with Crippen LogP contribution < -0.4 is 5.32 Å². The third-order valence-electron chi connectivity index (χ3n) is 1.94. The molecular formula is C10H7NO3S2. The Hall–Kier alpha value is -1.53. The van der Waals surface area contributed by atoms with E-state index in [0.717, 1.165) is 11.8 Å². The van der Waals surface area contributed by atoms with Crippen LogP contribution >= 0.6 is 24.0 Å². The molecule has 0 aromatic heterocycles. The molecule has 0 radical (unpaired) electrons. The number of amides is 1. The first-order valence-corrected chi connectivity index (χ1v) is 5.55. The van der Waals surface area contributed by atoms with E-state index in [9.17, 15) is 9.90 Å². The number of benzene rings is 1. The Kier molecular flexibility index (Phi) is 2.84. The normalized spacial score (nSPS) is 17.9. The molecule has 1 fully saturated rings. The highest BCUT2D eigenvalue weighted by molar-refractivity contribution is 8.26. The van der Waals surface area contributed by atoms with Crippen LogP contribution in [0.5, 0.6) is 11.5 Å². The predicted molar refractivity (Wildman–Crippen MR) is 66.1 cm³/mol. The van der Waals surface area contributed by atoms with Crippen molar-refractivity contribution in [3.05, 3.63) is 28.7 Å². The van der Waals surface area contributed by atoms with Gasteiger partial charge in [-0.1, -0.05) is 24.0 Å². The van der Waals surface area contributed by atoms with Gasteiger partial charge in [0, 0.05) is 11.6 Å². The number of hydrogen-bond donors (Lipinski definition) is 3. The van der Waals surface area contributed by atoms with Crippen LogP contribution in [-0.2, 0) is 4.79 Å². The molecule has 0 unspecified atom stereocenters. The van der Waals surface area contributed by atoms with Crippen LogP contribution in [0.15, 0.2) is 23.1 Å². The van der Waals surface area contributed by atoms with Crippen molar-refractivity contribution < 1.29 is 15.0 Å². The van der Waals surface area contributed by atoms with E-state index in [0.29, 0.717) is 14.8 Å². The minimum Gasteiger partial charge on any atom is -0.508 e. The lowest BCUT2D eigenvalue weighted by molar-refractivity contribution is -0.115. The van der Waals surface area contributed by atoms with Gasteiger partial charge in [0.15, 0.2) is 0 Å². The first-order valence-electron chi connectivity index (χ1n) is 4.33. The van der Waals surface area contributed by atoms with Crippen LogP contribution in [0.3, 0.4) is 0 Å². The summed E-state index contributed by atoms with van der Waals surface area (Å²) in [6.07, 6.45) is 1.52. The average molecular weight is 253 g/mol. The Balaban J connectivity index is 2.36. The average Bonchev–Trinajstić information content (AvgIpc) is 2.50. The summed E-state index contributed by atoms with van der Waals surface area (Å²) in [6, 6.07) is 4.16. The zero-order chi connectivity index (χ0) is 11.7. The smallest absolute Gasteiger partial charge is 0.263 e. The fraction of sp³-hybridized carbons (Fsp3) is 0. The Bertz CT molecular complexity index is 511. The summed E-state index contributed by atoms with van der Waals surface area (Å²) >= 11 is 5.97. The summed E-state index contributed by atoms with van der Waals surface area (Å²) in [5, 5.41) is 21.1. The summed E-state index contributed by atoms with van der Waals surface area (Å²) in [5.74, 6) is -0.389. The van der Waals surface area contributed by atoms with Gasteiger partial charge in [0.2, 0.25) is 0 Å². The maximum absolute atomic E-state index is 11.3.